The van der Waals surface area contributed by atoms with Crippen LogP contribution < -0.4 is 10.9 Å². The molecule has 0 aliphatic rings. The first kappa shape index (κ1) is 18.2. The molecule has 132 valence electrons. The van der Waals surface area contributed by atoms with E-state index < -0.39 is 35.8 Å². The van der Waals surface area contributed by atoms with E-state index >= 15 is 0 Å². The summed E-state index contributed by atoms with van der Waals surface area (Å²) in [5, 5.41) is 2.20. The van der Waals surface area contributed by atoms with E-state index in [9.17, 15) is 27.6 Å². The van der Waals surface area contributed by atoms with Crippen molar-refractivity contribution in [2.75, 3.05) is 11.9 Å². The number of carbonyl (C=O) groups is 2. The van der Waals surface area contributed by atoms with Gasteiger partial charge in [-0.3, -0.25) is 14.4 Å². The van der Waals surface area contributed by atoms with Gasteiger partial charge < -0.3 is 14.6 Å². The van der Waals surface area contributed by atoms with E-state index in [4.69, 9.17) is 4.74 Å². The Morgan fingerprint density at radius 3 is 2.56 bits per heavy atom. The molecule has 0 radical (unpaired) electrons. The van der Waals surface area contributed by atoms with Gasteiger partial charge >= 0.3 is 12.1 Å². The molecule has 0 spiro atoms. The Labute approximate surface area is 139 Å². The predicted octanol–water partition coefficient (Wildman–Crippen LogP) is 2.05. The second kappa shape index (κ2) is 7.65. The van der Waals surface area contributed by atoms with Crippen LogP contribution in [-0.2, 0) is 27.0 Å². The summed E-state index contributed by atoms with van der Waals surface area (Å²) < 4.78 is 43.6. The number of esters is 1. The highest BCUT2D eigenvalue weighted by molar-refractivity contribution is 5.92. The minimum absolute atomic E-state index is 0.0739. The van der Waals surface area contributed by atoms with Crippen LogP contribution in [-0.4, -0.2) is 23.1 Å². The number of ether oxygens (including phenoxy) is 1. The van der Waals surface area contributed by atoms with E-state index in [1.807, 2.05) is 0 Å². The predicted molar refractivity (Wildman–Crippen MR) is 81.7 cm³/mol. The van der Waals surface area contributed by atoms with Crippen molar-refractivity contribution in [3.8, 4) is 0 Å². The minimum atomic E-state index is -4.53. The molecule has 1 aromatic carbocycles. The van der Waals surface area contributed by atoms with Crippen LogP contribution in [0, 0.1) is 0 Å². The first-order valence-corrected chi connectivity index (χ1v) is 7.04. The third-order valence-corrected chi connectivity index (χ3v) is 3.04. The van der Waals surface area contributed by atoms with Crippen molar-refractivity contribution >= 4 is 17.6 Å². The number of rotatable bonds is 5. The number of pyridine rings is 1. The van der Waals surface area contributed by atoms with Crippen LogP contribution in [0.5, 0.6) is 0 Å². The Hall–Kier alpha value is -3.10. The van der Waals surface area contributed by atoms with E-state index in [0.29, 0.717) is 0 Å². The van der Waals surface area contributed by atoms with Crippen molar-refractivity contribution < 1.29 is 27.5 Å². The zero-order valence-electron chi connectivity index (χ0n) is 12.7. The van der Waals surface area contributed by atoms with Crippen LogP contribution in [0.3, 0.4) is 0 Å². The fourth-order valence-electron chi connectivity index (χ4n) is 1.89. The monoisotopic (exact) mass is 354 g/mol. The fraction of sp³-hybridized carbons (Fsp3) is 0.188. The zero-order valence-corrected chi connectivity index (χ0v) is 12.7. The van der Waals surface area contributed by atoms with Crippen LogP contribution in [0.4, 0.5) is 18.9 Å². The largest absolute Gasteiger partial charge is 0.454 e. The quantitative estimate of drug-likeness (QED) is 0.834. The molecule has 0 aliphatic heterocycles. The highest BCUT2D eigenvalue weighted by Gasteiger charge is 2.30. The molecule has 0 unspecified atom stereocenters. The van der Waals surface area contributed by atoms with E-state index in [1.165, 1.54) is 24.4 Å². The first-order chi connectivity index (χ1) is 11.8. The number of amides is 1. The normalized spacial score (nSPS) is 11.0. The van der Waals surface area contributed by atoms with Gasteiger partial charge in [-0.1, -0.05) is 12.1 Å². The smallest absolute Gasteiger partial charge is 0.416 e. The van der Waals surface area contributed by atoms with Gasteiger partial charge in [-0.05, 0) is 24.3 Å². The lowest BCUT2D eigenvalue weighted by molar-refractivity contribution is -0.147. The number of alkyl halides is 3. The second-order valence-electron chi connectivity index (χ2n) is 4.95. The maximum Gasteiger partial charge on any atom is 0.416 e. The lowest BCUT2D eigenvalue weighted by Crippen LogP contribution is -2.27. The van der Waals surface area contributed by atoms with E-state index in [-0.39, 0.29) is 12.2 Å². The lowest BCUT2D eigenvalue weighted by atomic mass is 10.2. The van der Waals surface area contributed by atoms with Gasteiger partial charge in [-0.15, -0.1) is 0 Å². The van der Waals surface area contributed by atoms with Gasteiger partial charge in [-0.2, -0.15) is 13.2 Å². The SMILES string of the molecule is O=C(COC(=O)Cn1ccccc1=O)Nc1cccc(C(F)(F)F)c1. The third-order valence-electron chi connectivity index (χ3n) is 3.04. The number of aromatic nitrogens is 1. The summed E-state index contributed by atoms with van der Waals surface area (Å²) in [6.45, 7) is -1.06. The summed E-state index contributed by atoms with van der Waals surface area (Å²) in [4.78, 5) is 34.7. The Balaban J connectivity index is 1.88. The molecule has 0 aliphatic carbocycles. The molecule has 1 aromatic heterocycles. The molecule has 2 aromatic rings. The summed E-state index contributed by atoms with van der Waals surface area (Å²) in [6, 6.07) is 8.37. The Morgan fingerprint density at radius 2 is 1.88 bits per heavy atom. The molecule has 25 heavy (non-hydrogen) atoms. The van der Waals surface area contributed by atoms with Crippen LogP contribution in [0.25, 0.3) is 0 Å². The Kier molecular flexibility index (Phi) is 5.58. The number of nitrogens with one attached hydrogen (secondary N) is 1. The maximum atomic E-state index is 12.6. The van der Waals surface area contributed by atoms with Crippen LogP contribution in [0.2, 0.25) is 0 Å². The van der Waals surface area contributed by atoms with Crippen molar-refractivity contribution in [2.24, 2.45) is 0 Å². The van der Waals surface area contributed by atoms with Gasteiger partial charge in [-0.25, -0.2) is 0 Å². The molecule has 9 heteroatoms. The molecule has 0 saturated heterocycles. The zero-order chi connectivity index (χ0) is 18.4. The first-order valence-electron chi connectivity index (χ1n) is 7.04. The fourth-order valence-corrected chi connectivity index (χ4v) is 1.89. The molecule has 1 amide bonds. The van der Waals surface area contributed by atoms with E-state index in [0.717, 1.165) is 22.8 Å². The average Bonchev–Trinajstić information content (AvgIpc) is 2.55. The number of halogens is 3. The number of anilines is 1. The Morgan fingerprint density at radius 1 is 1.12 bits per heavy atom. The highest BCUT2D eigenvalue weighted by atomic mass is 19.4. The summed E-state index contributed by atoms with van der Waals surface area (Å²) >= 11 is 0. The summed E-state index contributed by atoms with van der Waals surface area (Å²) in [5.41, 5.74) is -1.39. The molecular weight excluding hydrogens is 341 g/mol. The average molecular weight is 354 g/mol. The third kappa shape index (κ3) is 5.48. The van der Waals surface area contributed by atoms with Gasteiger partial charge in [0.15, 0.2) is 6.61 Å². The van der Waals surface area contributed by atoms with Crippen LogP contribution in [0.1, 0.15) is 5.56 Å². The molecule has 0 atom stereocenters. The van der Waals surface area contributed by atoms with Crippen LogP contribution in [0.15, 0.2) is 53.5 Å². The molecule has 2 rings (SSSR count). The second-order valence-corrected chi connectivity index (χ2v) is 4.95. The summed E-state index contributed by atoms with van der Waals surface area (Å²) in [6.07, 6.45) is -3.15. The van der Waals surface area contributed by atoms with Crippen molar-refractivity contribution in [1.29, 1.82) is 0 Å². The van der Waals surface area contributed by atoms with Crippen molar-refractivity contribution in [1.82, 2.24) is 4.57 Å². The highest BCUT2D eigenvalue weighted by Crippen LogP contribution is 2.30. The topological polar surface area (TPSA) is 77.4 Å². The maximum absolute atomic E-state index is 12.6. The molecule has 0 saturated carbocycles. The number of hydrogen-bond acceptors (Lipinski definition) is 4. The molecule has 1 heterocycles. The lowest BCUT2D eigenvalue weighted by Gasteiger charge is -2.10. The molecule has 0 bridgehead atoms. The number of carbonyl (C=O) groups excluding carboxylic acids is 2. The van der Waals surface area contributed by atoms with Gasteiger partial charge in [0.1, 0.15) is 6.54 Å². The number of nitrogens with zero attached hydrogens (tertiary/aromatic N) is 1. The molecule has 1 N–H and O–H groups in total. The van der Waals surface area contributed by atoms with Gasteiger partial charge in [0.2, 0.25) is 0 Å². The summed E-state index contributed by atoms with van der Waals surface area (Å²) in [7, 11) is 0. The van der Waals surface area contributed by atoms with Gasteiger partial charge in [0.25, 0.3) is 11.5 Å². The van der Waals surface area contributed by atoms with Gasteiger partial charge in [0.05, 0.1) is 5.56 Å². The molecule has 6 nitrogen and oxygen atoms in total. The number of benzene rings is 1. The molecule has 0 fully saturated rings. The van der Waals surface area contributed by atoms with E-state index in [2.05, 4.69) is 5.32 Å². The van der Waals surface area contributed by atoms with Gasteiger partial charge in [0, 0.05) is 18.0 Å². The molecular formula is C16H13F3N2O4. The number of hydrogen-bond donors (Lipinski definition) is 1. The minimum Gasteiger partial charge on any atom is -0.454 e. The van der Waals surface area contributed by atoms with Crippen molar-refractivity contribution in [3.63, 3.8) is 0 Å². The summed E-state index contributed by atoms with van der Waals surface area (Å²) in [5.74, 6) is -1.62. The van der Waals surface area contributed by atoms with Crippen molar-refractivity contribution in [2.45, 2.75) is 12.7 Å². The van der Waals surface area contributed by atoms with E-state index in [1.54, 1.807) is 6.07 Å². The van der Waals surface area contributed by atoms with Crippen molar-refractivity contribution in [3.05, 3.63) is 64.6 Å². The standard InChI is InChI=1S/C16H13F3N2O4/c17-16(18,19)11-4-3-5-12(8-11)20-13(22)10-25-15(24)9-21-7-2-1-6-14(21)23/h1-8H,9-10H2,(H,20,22). The van der Waals surface area contributed by atoms with Crippen LogP contribution >= 0.6 is 0 Å². The Bertz CT molecular complexity index is 830.